The van der Waals surface area contributed by atoms with E-state index in [1.54, 1.807) is 0 Å². The highest BCUT2D eigenvalue weighted by Gasteiger charge is 2.19. The first-order valence-corrected chi connectivity index (χ1v) is 9.22. The molecule has 4 heteroatoms. The third-order valence-corrected chi connectivity index (χ3v) is 4.64. The minimum atomic E-state index is -3.00. The molecule has 3 nitrogen and oxygen atoms in total. The van der Waals surface area contributed by atoms with Crippen LogP contribution in [0.3, 0.4) is 0 Å². The summed E-state index contributed by atoms with van der Waals surface area (Å²) < 4.78 is 23.2. The molecule has 0 bridgehead atoms. The van der Waals surface area contributed by atoms with Gasteiger partial charge in [0.25, 0.3) is 0 Å². The van der Waals surface area contributed by atoms with Crippen LogP contribution in [0, 0.1) is 5.92 Å². The average molecular weight is 293 g/mol. The highest BCUT2D eigenvalue weighted by Crippen LogP contribution is 2.20. The first-order chi connectivity index (χ1) is 9.54. The molecule has 2 rings (SSSR count). The van der Waals surface area contributed by atoms with Gasteiger partial charge in [-0.15, -0.1) is 0 Å². The molecule has 2 unspecified atom stereocenters. The molecule has 1 aromatic rings. The number of hydrogen-bond donors (Lipinski definition) is 1. The van der Waals surface area contributed by atoms with E-state index < -0.39 is 9.84 Å². The van der Waals surface area contributed by atoms with Crippen molar-refractivity contribution in [2.24, 2.45) is 5.92 Å². The molecule has 2 atom stereocenters. The van der Waals surface area contributed by atoms with Crippen molar-refractivity contribution in [3.05, 3.63) is 48.0 Å². The standard InChI is InChI=1S/C16H23NO2S/c1-20(18,19)13-16(15-10-6-3-7-11-15)17-12-14-8-4-2-5-9-14/h2-4,6-7,10-11,14,16-17H,5,8-9,12-13H2,1H3. The first kappa shape index (κ1) is 15.3. The van der Waals surface area contributed by atoms with Crippen LogP contribution in [0.1, 0.15) is 30.9 Å². The fourth-order valence-corrected chi connectivity index (χ4v) is 3.53. The topological polar surface area (TPSA) is 46.2 Å². The van der Waals surface area contributed by atoms with Gasteiger partial charge in [-0.05, 0) is 37.3 Å². The van der Waals surface area contributed by atoms with Crippen LogP contribution in [-0.2, 0) is 9.84 Å². The van der Waals surface area contributed by atoms with Crippen LogP contribution in [0.25, 0.3) is 0 Å². The Morgan fingerprint density at radius 1 is 1.25 bits per heavy atom. The lowest BCUT2D eigenvalue weighted by Gasteiger charge is -2.23. The molecule has 1 aromatic carbocycles. The van der Waals surface area contributed by atoms with E-state index in [4.69, 9.17) is 0 Å². The van der Waals surface area contributed by atoms with Crippen LogP contribution in [-0.4, -0.2) is 27.0 Å². The van der Waals surface area contributed by atoms with Crippen molar-refractivity contribution in [2.75, 3.05) is 18.6 Å². The molecule has 110 valence electrons. The monoisotopic (exact) mass is 293 g/mol. The second-order valence-electron chi connectivity index (χ2n) is 5.61. The number of rotatable bonds is 6. The van der Waals surface area contributed by atoms with Gasteiger partial charge in [-0.2, -0.15) is 0 Å². The van der Waals surface area contributed by atoms with E-state index in [2.05, 4.69) is 17.5 Å². The van der Waals surface area contributed by atoms with Gasteiger partial charge in [-0.25, -0.2) is 8.42 Å². The van der Waals surface area contributed by atoms with E-state index >= 15 is 0 Å². The molecule has 0 fully saturated rings. The molecule has 0 aliphatic heterocycles. The maximum Gasteiger partial charge on any atom is 0.149 e. The number of nitrogens with one attached hydrogen (secondary N) is 1. The second-order valence-corrected chi connectivity index (χ2v) is 7.80. The minimum absolute atomic E-state index is 0.114. The maximum atomic E-state index is 11.6. The van der Waals surface area contributed by atoms with E-state index in [1.807, 2.05) is 30.3 Å². The van der Waals surface area contributed by atoms with E-state index in [1.165, 1.54) is 12.7 Å². The Balaban J connectivity index is 2.01. The summed E-state index contributed by atoms with van der Waals surface area (Å²) in [5.41, 5.74) is 1.05. The van der Waals surface area contributed by atoms with Crippen molar-refractivity contribution in [1.82, 2.24) is 5.32 Å². The van der Waals surface area contributed by atoms with Crippen LogP contribution in [0.2, 0.25) is 0 Å². The summed E-state index contributed by atoms with van der Waals surface area (Å²) in [6, 6.07) is 9.72. The summed E-state index contributed by atoms with van der Waals surface area (Å²) in [5.74, 6) is 0.769. The van der Waals surface area contributed by atoms with Crippen molar-refractivity contribution >= 4 is 9.84 Å². The van der Waals surface area contributed by atoms with Crippen LogP contribution in [0.4, 0.5) is 0 Å². The van der Waals surface area contributed by atoms with Crippen molar-refractivity contribution < 1.29 is 8.42 Å². The Bertz CT molecular complexity index is 537. The quantitative estimate of drug-likeness (QED) is 0.820. The fourth-order valence-electron chi connectivity index (χ4n) is 2.61. The van der Waals surface area contributed by atoms with Gasteiger partial charge in [0, 0.05) is 12.3 Å². The summed E-state index contributed by atoms with van der Waals surface area (Å²) in [6.45, 7) is 0.874. The maximum absolute atomic E-state index is 11.6. The van der Waals surface area contributed by atoms with Crippen molar-refractivity contribution in [1.29, 1.82) is 0 Å². The molecule has 20 heavy (non-hydrogen) atoms. The molecule has 0 radical (unpaired) electrons. The lowest BCUT2D eigenvalue weighted by atomic mass is 9.94. The molecule has 0 amide bonds. The normalized spacial score (nSPS) is 20.8. The molecule has 0 heterocycles. The number of benzene rings is 1. The molecule has 1 N–H and O–H groups in total. The van der Waals surface area contributed by atoms with Crippen LogP contribution < -0.4 is 5.32 Å². The average Bonchev–Trinajstić information content (AvgIpc) is 2.44. The highest BCUT2D eigenvalue weighted by atomic mass is 32.2. The van der Waals surface area contributed by atoms with Gasteiger partial charge in [0.1, 0.15) is 9.84 Å². The predicted molar refractivity (Wildman–Crippen MR) is 83.4 cm³/mol. The van der Waals surface area contributed by atoms with E-state index in [0.29, 0.717) is 5.92 Å². The van der Waals surface area contributed by atoms with Crippen LogP contribution in [0.15, 0.2) is 42.5 Å². The summed E-state index contributed by atoms with van der Waals surface area (Å²) in [4.78, 5) is 0. The van der Waals surface area contributed by atoms with Gasteiger partial charge in [0.05, 0.1) is 5.75 Å². The summed E-state index contributed by atoms with van der Waals surface area (Å²) in [6.07, 6.45) is 9.16. The van der Waals surface area contributed by atoms with Crippen LogP contribution in [0.5, 0.6) is 0 Å². The molecule has 0 saturated carbocycles. The summed E-state index contributed by atoms with van der Waals surface area (Å²) >= 11 is 0. The van der Waals surface area contributed by atoms with Crippen molar-refractivity contribution in [2.45, 2.75) is 25.3 Å². The van der Waals surface area contributed by atoms with E-state index in [-0.39, 0.29) is 11.8 Å². The first-order valence-electron chi connectivity index (χ1n) is 7.15. The van der Waals surface area contributed by atoms with Crippen LogP contribution >= 0.6 is 0 Å². The highest BCUT2D eigenvalue weighted by molar-refractivity contribution is 7.90. The van der Waals surface area contributed by atoms with Gasteiger partial charge < -0.3 is 5.32 Å². The lowest BCUT2D eigenvalue weighted by molar-refractivity contribution is 0.415. The molecular weight excluding hydrogens is 270 g/mol. The van der Waals surface area contributed by atoms with Gasteiger partial charge in [-0.1, -0.05) is 42.5 Å². The van der Waals surface area contributed by atoms with Crippen molar-refractivity contribution in [3.63, 3.8) is 0 Å². The molecule has 1 aliphatic rings. The van der Waals surface area contributed by atoms with Gasteiger partial charge in [-0.3, -0.25) is 0 Å². The zero-order valence-electron chi connectivity index (χ0n) is 12.0. The SMILES string of the molecule is CS(=O)(=O)CC(NCC1CC=CCC1)c1ccccc1. The number of hydrogen-bond acceptors (Lipinski definition) is 3. The lowest BCUT2D eigenvalue weighted by Crippen LogP contribution is -2.32. The van der Waals surface area contributed by atoms with Crippen molar-refractivity contribution in [3.8, 4) is 0 Å². The predicted octanol–water partition coefficient (Wildman–Crippen LogP) is 2.72. The molecule has 0 saturated heterocycles. The molecular formula is C16H23NO2S. The van der Waals surface area contributed by atoms with Gasteiger partial charge in [0.15, 0.2) is 0 Å². The summed E-state index contributed by atoms with van der Waals surface area (Å²) in [5, 5.41) is 3.45. The Morgan fingerprint density at radius 3 is 2.60 bits per heavy atom. The van der Waals surface area contributed by atoms with E-state index in [0.717, 1.165) is 24.9 Å². The Kier molecular flexibility index (Phi) is 5.38. The molecule has 0 aromatic heterocycles. The fraction of sp³-hybridized carbons (Fsp3) is 0.500. The Labute approximate surface area is 122 Å². The minimum Gasteiger partial charge on any atom is -0.309 e. The molecule has 1 aliphatic carbocycles. The zero-order chi connectivity index (χ0) is 14.4. The smallest absolute Gasteiger partial charge is 0.149 e. The molecule has 0 spiro atoms. The third-order valence-electron chi connectivity index (χ3n) is 3.70. The largest absolute Gasteiger partial charge is 0.309 e. The Hall–Kier alpha value is -1.13. The third kappa shape index (κ3) is 5.10. The number of allylic oxidation sites excluding steroid dienone is 2. The van der Waals surface area contributed by atoms with E-state index in [9.17, 15) is 8.42 Å². The second kappa shape index (κ2) is 7.04. The zero-order valence-corrected chi connectivity index (χ0v) is 12.8. The Morgan fingerprint density at radius 2 is 2.00 bits per heavy atom. The van der Waals surface area contributed by atoms with Gasteiger partial charge in [0.2, 0.25) is 0 Å². The number of sulfone groups is 1. The summed E-state index contributed by atoms with van der Waals surface area (Å²) in [7, 11) is -3.00. The van der Waals surface area contributed by atoms with Gasteiger partial charge >= 0.3 is 0 Å².